The van der Waals surface area contributed by atoms with Crippen LogP contribution in [0.1, 0.15) is 6.92 Å². The Morgan fingerprint density at radius 2 is 1.80 bits per heavy atom. The van der Waals surface area contributed by atoms with Crippen LogP contribution in [-0.4, -0.2) is 85.0 Å². The molecule has 1 aliphatic rings. The number of carbonyl (C=O) groups is 3. The molecule has 114 valence electrons. The zero-order valence-corrected chi connectivity index (χ0v) is 11.9. The van der Waals surface area contributed by atoms with E-state index in [0.29, 0.717) is 32.7 Å². The molecule has 20 heavy (non-hydrogen) atoms. The van der Waals surface area contributed by atoms with Gasteiger partial charge in [-0.1, -0.05) is 0 Å². The van der Waals surface area contributed by atoms with Gasteiger partial charge in [0, 0.05) is 32.7 Å². The van der Waals surface area contributed by atoms with E-state index in [1.54, 1.807) is 11.8 Å². The standard InChI is InChI=1S/C12H22N4O4/c1-9(17)8-15-3-5-16(6-4-15)12(20)14-7-10(13-2)11(18)19/h10,13H,3-8H2,1-2H3,(H,14,20)(H,18,19)/t10-/m0/s1. The van der Waals surface area contributed by atoms with E-state index < -0.39 is 12.0 Å². The topological polar surface area (TPSA) is 102 Å². The van der Waals surface area contributed by atoms with Gasteiger partial charge in [0.2, 0.25) is 0 Å². The maximum atomic E-state index is 11.9. The van der Waals surface area contributed by atoms with Gasteiger partial charge in [0.15, 0.2) is 0 Å². The fourth-order valence-electron chi connectivity index (χ4n) is 2.04. The van der Waals surface area contributed by atoms with Crippen molar-refractivity contribution in [2.45, 2.75) is 13.0 Å². The molecule has 0 aliphatic carbocycles. The van der Waals surface area contributed by atoms with Crippen molar-refractivity contribution >= 4 is 17.8 Å². The minimum absolute atomic E-state index is 0.0400. The Hall–Kier alpha value is -1.67. The number of carboxylic acids is 1. The van der Waals surface area contributed by atoms with Crippen LogP contribution in [0.3, 0.4) is 0 Å². The van der Waals surface area contributed by atoms with Gasteiger partial charge in [-0.15, -0.1) is 0 Å². The summed E-state index contributed by atoms with van der Waals surface area (Å²) in [4.78, 5) is 37.3. The zero-order chi connectivity index (χ0) is 15.1. The van der Waals surface area contributed by atoms with Gasteiger partial charge in [0.05, 0.1) is 6.54 Å². The summed E-state index contributed by atoms with van der Waals surface area (Å²) >= 11 is 0. The normalized spacial score (nSPS) is 17.6. The molecule has 0 aromatic heterocycles. The van der Waals surface area contributed by atoms with Gasteiger partial charge in [0.1, 0.15) is 11.8 Å². The zero-order valence-electron chi connectivity index (χ0n) is 11.9. The number of likely N-dealkylation sites (N-methyl/N-ethyl adjacent to an activating group) is 1. The number of carboxylic acid groups (broad SMARTS) is 1. The Bertz CT molecular complexity index is 366. The molecule has 1 fully saturated rings. The van der Waals surface area contributed by atoms with Crippen LogP contribution in [0.5, 0.6) is 0 Å². The minimum atomic E-state index is -1.00. The molecule has 1 aliphatic heterocycles. The molecule has 8 nitrogen and oxygen atoms in total. The molecular weight excluding hydrogens is 264 g/mol. The third-order valence-electron chi connectivity index (χ3n) is 3.21. The van der Waals surface area contributed by atoms with Crippen molar-refractivity contribution in [3.63, 3.8) is 0 Å². The Labute approximate surface area is 118 Å². The van der Waals surface area contributed by atoms with Gasteiger partial charge < -0.3 is 20.6 Å². The van der Waals surface area contributed by atoms with E-state index in [2.05, 4.69) is 10.6 Å². The van der Waals surface area contributed by atoms with E-state index in [1.165, 1.54) is 7.05 Å². The molecule has 3 N–H and O–H groups in total. The van der Waals surface area contributed by atoms with E-state index in [0.717, 1.165) is 0 Å². The highest BCUT2D eigenvalue weighted by molar-refractivity contribution is 5.78. The van der Waals surface area contributed by atoms with E-state index in [4.69, 9.17) is 5.11 Å². The summed E-state index contributed by atoms with van der Waals surface area (Å²) in [5.74, 6) is -0.889. The van der Waals surface area contributed by atoms with E-state index in [-0.39, 0.29) is 18.4 Å². The second-order valence-corrected chi connectivity index (χ2v) is 4.83. The van der Waals surface area contributed by atoms with Crippen LogP contribution in [0.2, 0.25) is 0 Å². The van der Waals surface area contributed by atoms with Crippen molar-refractivity contribution in [2.75, 3.05) is 46.3 Å². The van der Waals surface area contributed by atoms with Crippen molar-refractivity contribution in [1.29, 1.82) is 0 Å². The van der Waals surface area contributed by atoms with Gasteiger partial charge in [0.25, 0.3) is 0 Å². The molecule has 8 heteroatoms. The first kappa shape index (κ1) is 16.4. The summed E-state index contributed by atoms with van der Waals surface area (Å²) in [6.45, 7) is 4.38. The largest absolute Gasteiger partial charge is 0.480 e. The van der Waals surface area contributed by atoms with Crippen LogP contribution in [0, 0.1) is 0 Å². The third-order valence-corrected chi connectivity index (χ3v) is 3.21. The van der Waals surface area contributed by atoms with Crippen LogP contribution in [0.4, 0.5) is 4.79 Å². The maximum absolute atomic E-state index is 11.9. The molecule has 0 saturated carbocycles. The number of urea groups is 1. The van der Waals surface area contributed by atoms with Crippen LogP contribution in [-0.2, 0) is 9.59 Å². The molecule has 0 unspecified atom stereocenters. The average Bonchev–Trinajstić information content (AvgIpc) is 2.39. The van der Waals surface area contributed by atoms with Gasteiger partial charge >= 0.3 is 12.0 Å². The number of piperazine rings is 1. The van der Waals surface area contributed by atoms with Crippen molar-refractivity contribution in [2.24, 2.45) is 0 Å². The van der Waals surface area contributed by atoms with Crippen molar-refractivity contribution < 1.29 is 19.5 Å². The third kappa shape index (κ3) is 5.14. The number of hydrogen-bond donors (Lipinski definition) is 3. The quantitative estimate of drug-likeness (QED) is 0.553. The molecule has 0 bridgehead atoms. The Morgan fingerprint density at radius 3 is 2.25 bits per heavy atom. The fraction of sp³-hybridized carbons (Fsp3) is 0.750. The van der Waals surface area contributed by atoms with Crippen molar-refractivity contribution in [3.8, 4) is 0 Å². The first-order valence-corrected chi connectivity index (χ1v) is 6.58. The lowest BCUT2D eigenvalue weighted by Crippen LogP contribution is -2.54. The van der Waals surface area contributed by atoms with E-state index >= 15 is 0 Å². The highest BCUT2D eigenvalue weighted by Gasteiger charge is 2.23. The lowest BCUT2D eigenvalue weighted by molar-refractivity contribution is -0.139. The summed E-state index contributed by atoms with van der Waals surface area (Å²) in [5.41, 5.74) is 0. The predicted octanol–water partition coefficient (Wildman–Crippen LogP) is -1.42. The van der Waals surface area contributed by atoms with Gasteiger partial charge in [-0.3, -0.25) is 14.5 Å². The Morgan fingerprint density at radius 1 is 1.20 bits per heavy atom. The lowest BCUT2D eigenvalue weighted by Gasteiger charge is -2.34. The Kier molecular flexibility index (Phi) is 6.40. The second-order valence-electron chi connectivity index (χ2n) is 4.83. The summed E-state index contributed by atoms with van der Waals surface area (Å²) < 4.78 is 0. The summed E-state index contributed by atoms with van der Waals surface area (Å²) in [6, 6.07) is -1.06. The molecule has 1 heterocycles. The summed E-state index contributed by atoms with van der Waals surface area (Å²) in [6.07, 6.45) is 0. The number of ketones is 1. The molecule has 0 aromatic rings. The van der Waals surface area contributed by atoms with Crippen LogP contribution >= 0.6 is 0 Å². The summed E-state index contributed by atoms with van der Waals surface area (Å²) in [5, 5.41) is 14.1. The molecule has 1 atom stereocenters. The number of hydrogen-bond acceptors (Lipinski definition) is 5. The highest BCUT2D eigenvalue weighted by atomic mass is 16.4. The van der Waals surface area contributed by atoms with Gasteiger partial charge in [-0.05, 0) is 14.0 Å². The maximum Gasteiger partial charge on any atom is 0.322 e. The fourth-order valence-corrected chi connectivity index (χ4v) is 2.04. The van der Waals surface area contributed by atoms with Crippen LogP contribution in [0.25, 0.3) is 0 Å². The lowest BCUT2D eigenvalue weighted by atomic mass is 10.3. The van der Waals surface area contributed by atoms with E-state index in [1.807, 2.05) is 4.90 Å². The number of Topliss-reactive ketones (excluding diaryl/α,β-unsaturated/α-hetero) is 1. The first-order chi connectivity index (χ1) is 9.43. The smallest absolute Gasteiger partial charge is 0.322 e. The Balaban J connectivity index is 2.32. The van der Waals surface area contributed by atoms with Crippen LogP contribution in [0.15, 0.2) is 0 Å². The average molecular weight is 286 g/mol. The van der Waals surface area contributed by atoms with Crippen LogP contribution < -0.4 is 10.6 Å². The number of nitrogens with zero attached hydrogens (tertiary/aromatic N) is 2. The number of amides is 2. The van der Waals surface area contributed by atoms with Gasteiger partial charge in [-0.25, -0.2) is 4.79 Å². The van der Waals surface area contributed by atoms with Crippen molar-refractivity contribution in [1.82, 2.24) is 20.4 Å². The van der Waals surface area contributed by atoms with E-state index in [9.17, 15) is 14.4 Å². The first-order valence-electron chi connectivity index (χ1n) is 6.58. The minimum Gasteiger partial charge on any atom is -0.480 e. The second kappa shape index (κ2) is 7.81. The highest BCUT2D eigenvalue weighted by Crippen LogP contribution is 2.02. The molecule has 0 aromatic carbocycles. The molecule has 1 saturated heterocycles. The monoisotopic (exact) mass is 286 g/mol. The molecule has 0 spiro atoms. The van der Waals surface area contributed by atoms with Crippen molar-refractivity contribution in [3.05, 3.63) is 0 Å². The molecule has 2 amide bonds. The molecule has 0 radical (unpaired) electrons. The number of rotatable bonds is 6. The molecular formula is C12H22N4O4. The van der Waals surface area contributed by atoms with Gasteiger partial charge in [-0.2, -0.15) is 0 Å². The number of carbonyl (C=O) groups excluding carboxylic acids is 2. The SMILES string of the molecule is CN[C@@H](CNC(=O)N1CCN(CC(C)=O)CC1)C(=O)O. The number of nitrogens with one attached hydrogen (secondary N) is 2. The summed E-state index contributed by atoms with van der Waals surface area (Å²) in [7, 11) is 1.53. The number of aliphatic carboxylic acids is 1. The molecule has 1 rings (SSSR count). The predicted molar refractivity (Wildman–Crippen MR) is 72.6 cm³/mol.